The maximum absolute atomic E-state index is 5.78. The first-order chi connectivity index (χ1) is 9.72. The molecule has 0 radical (unpaired) electrons. The van der Waals surface area contributed by atoms with E-state index in [0.717, 1.165) is 22.8 Å². The third-order valence-electron chi connectivity index (χ3n) is 3.23. The van der Waals surface area contributed by atoms with E-state index >= 15 is 0 Å². The summed E-state index contributed by atoms with van der Waals surface area (Å²) in [5.74, 6) is 3.84. The Labute approximate surface area is 126 Å². The van der Waals surface area contributed by atoms with Crippen LogP contribution in [0, 0.1) is 0 Å². The molecule has 20 heavy (non-hydrogen) atoms. The molecule has 1 aliphatic heterocycles. The van der Waals surface area contributed by atoms with Gasteiger partial charge in [-0.05, 0) is 17.7 Å². The van der Waals surface area contributed by atoms with Crippen molar-refractivity contribution < 1.29 is 4.52 Å². The van der Waals surface area contributed by atoms with Crippen LogP contribution in [-0.2, 0) is 6.42 Å². The molecule has 106 valence electrons. The molecule has 6 heteroatoms. The summed E-state index contributed by atoms with van der Waals surface area (Å²) < 4.78 is 5.39. The molecular formula is C14H17N3OS2. The molecule has 2 unspecified atom stereocenters. The van der Waals surface area contributed by atoms with E-state index in [4.69, 9.17) is 10.3 Å². The average molecular weight is 307 g/mol. The molecule has 1 fully saturated rings. The van der Waals surface area contributed by atoms with Gasteiger partial charge in [0.25, 0.3) is 0 Å². The van der Waals surface area contributed by atoms with E-state index in [-0.39, 0.29) is 0 Å². The van der Waals surface area contributed by atoms with Crippen molar-refractivity contribution in [2.75, 3.05) is 17.2 Å². The number of rotatable bonds is 3. The molecule has 1 aliphatic rings. The highest BCUT2D eigenvalue weighted by molar-refractivity contribution is 8.06. The number of aromatic nitrogens is 2. The van der Waals surface area contributed by atoms with Crippen LogP contribution in [0.2, 0.25) is 0 Å². The largest absolute Gasteiger partial charge is 0.399 e. The molecule has 2 atom stereocenters. The fourth-order valence-corrected chi connectivity index (χ4v) is 4.93. The molecule has 4 nitrogen and oxygen atoms in total. The lowest BCUT2D eigenvalue weighted by Gasteiger charge is -2.24. The zero-order valence-electron chi connectivity index (χ0n) is 11.3. The Hall–Kier alpha value is -1.14. The Bertz CT molecular complexity index is 587. The van der Waals surface area contributed by atoms with E-state index in [1.165, 1.54) is 5.75 Å². The number of thioether (sulfide) groups is 2. The van der Waals surface area contributed by atoms with Gasteiger partial charge in [0, 0.05) is 22.4 Å². The molecular weight excluding hydrogens is 290 g/mol. The lowest BCUT2D eigenvalue weighted by molar-refractivity contribution is 0.379. The predicted octanol–water partition coefficient (Wildman–Crippen LogP) is 3.15. The molecule has 2 heterocycles. The second kappa shape index (κ2) is 6.10. The normalized spacial score (nSPS) is 22.9. The van der Waals surface area contributed by atoms with Gasteiger partial charge in [-0.25, -0.2) is 0 Å². The van der Waals surface area contributed by atoms with Gasteiger partial charge in [-0.1, -0.05) is 24.2 Å². The van der Waals surface area contributed by atoms with E-state index in [9.17, 15) is 0 Å². The number of nitrogens with zero attached hydrogens (tertiary/aromatic N) is 2. The molecule has 0 bridgehead atoms. The van der Waals surface area contributed by atoms with Crippen LogP contribution in [0.3, 0.4) is 0 Å². The minimum atomic E-state index is 0.340. The van der Waals surface area contributed by atoms with Gasteiger partial charge in [0.05, 0.1) is 11.7 Å². The molecule has 0 spiro atoms. The molecule has 1 saturated heterocycles. The van der Waals surface area contributed by atoms with Crippen molar-refractivity contribution in [2.45, 2.75) is 23.8 Å². The molecule has 0 amide bonds. The topological polar surface area (TPSA) is 64.9 Å². The molecule has 2 aromatic rings. The maximum Gasteiger partial charge on any atom is 0.231 e. The Morgan fingerprint density at radius 3 is 3.00 bits per heavy atom. The van der Waals surface area contributed by atoms with E-state index in [0.29, 0.717) is 22.8 Å². The molecule has 0 aliphatic carbocycles. The van der Waals surface area contributed by atoms with Gasteiger partial charge in [0.2, 0.25) is 5.89 Å². The van der Waals surface area contributed by atoms with Crippen molar-refractivity contribution in [3.8, 4) is 0 Å². The van der Waals surface area contributed by atoms with Crippen LogP contribution in [0.15, 0.2) is 28.8 Å². The van der Waals surface area contributed by atoms with Gasteiger partial charge in [-0.3, -0.25) is 0 Å². The second-order valence-corrected chi connectivity index (χ2v) is 7.57. The van der Waals surface area contributed by atoms with Crippen molar-refractivity contribution in [3.05, 3.63) is 41.5 Å². The summed E-state index contributed by atoms with van der Waals surface area (Å²) >= 11 is 3.90. The third kappa shape index (κ3) is 3.12. The van der Waals surface area contributed by atoms with Crippen LogP contribution < -0.4 is 5.73 Å². The van der Waals surface area contributed by atoms with Crippen LogP contribution in [0.1, 0.15) is 29.5 Å². The summed E-state index contributed by atoms with van der Waals surface area (Å²) in [5, 5.41) is 5.03. The lowest BCUT2D eigenvalue weighted by atomic mass is 10.1. The van der Waals surface area contributed by atoms with Crippen molar-refractivity contribution in [1.29, 1.82) is 0 Å². The van der Waals surface area contributed by atoms with Crippen molar-refractivity contribution in [3.63, 3.8) is 0 Å². The molecule has 3 rings (SSSR count). The number of nitrogens with two attached hydrogens (primary N) is 1. The lowest BCUT2D eigenvalue weighted by Crippen LogP contribution is -2.16. The van der Waals surface area contributed by atoms with Crippen molar-refractivity contribution in [2.24, 2.45) is 0 Å². The monoisotopic (exact) mass is 307 g/mol. The summed E-state index contributed by atoms with van der Waals surface area (Å²) in [6.45, 7) is 2.23. The van der Waals surface area contributed by atoms with Gasteiger partial charge in [0.1, 0.15) is 0 Å². The van der Waals surface area contributed by atoms with Gasteiger partial charge in [0.15, 0.2) is 5.82 Å². The Kier molecular flexibility index (Phi) is 4.21. The van der Waals surface area contributed by atoms with E-state index < -0.39 is 0 Å². The number of nitrogen functional groups attached to an aromatic ring is 1. The zero-order chi connectivity index (χ0) is 13.9. The first kappa shape index (κ1) is 13.8. The summed E-state index contributed by atoms with van der Waals surface area (Å²) in [7, 11) is 0. The minimum absolute atomic E-state index is 0.340. The number of hydrogen-bond donors (Lipinski definition) is 1. The highest BCUT2D eigenvalue weighted by Gasteiger charge is 2.28. The highest BCUT2D eigenvalue weighted by Crippen LogP contribution is 2.41. The van der Waals surface area contributed by atoms with Crippen molar-refractivity contribution >= 4 is 29.2 Å². The summed E-state index contributed by atoms with van der Waals surface area (Å²) in [5.41, 5.74) is 7.64. The number of hydrogen-bond acceptors (Lipinski definition) is 6. The second-order valence-electron chi connectivity index (χ2n) is 4.84. The summed E-state index contributed by atoms with van der Waals surface area (Å²) in [4.78, 5) is 4.56. The fraction of sp³-hybridized carbons (Fsp3) is 0.429. The van der Waals surface area contributed by atoms with Gasteiger partial charge >= 0.3 is 0 Å². The Morgan fingerprint density at radius 1 is 1.35 bits per heavy atom. The Balaban J connectivity index is 1.73. The van der Waals surface area contributed by atoms with Crippen LogP contribution in [0.4, 0.5) is 5.69 Å². The molecule has 1 aromatic heterocycles. The number of anilines is 1. The van der Waals surface area contributed by atoms with E-state index in [1.54, 1.807) is 0 Å². The predicted molar refractivity (Wildman–Crippen MR) is 85.1 cm³/mol. The highest BCUT2D eigenvalue weighted by atomic mass is 32.2. The van der Waals surface area contributed by atoms with E-state index in [1.807, 2.05) is 47.8 Å². The maximum atomic E-state index is 5.78. The summed E-state index contributed by atoms with van der Waals surface area (Å²) in [6.07, 6.45) is 0.636. The average Bonchev–Trinajstić information content (AvgIpc) is 2.87. The van der Waals surface area contributed by atoms with Crippen LogP contribution in [0.25, 0.3) is 0 Å². The van der Waals surface area contributed by atoms with Gasteiger partial charge in [-0.15, -0.1) is 11.8 Å². The zero-order valence-corrected chi connectivity index (χ0v) is 12.9. The van der Waals surface area contributed by atoms with Crippen LogP contribution in [-0.4, -0.2) is 26.9 Å². The molecule has 0 saturated carbocycles. The third-order valence-corrected chi connectivity index (χ3v) is 6.32. The smallest absolute Gasteiger partial charge is 0.231 e. The van der Waals surface area contributed by atoms with Gasteiger partial charge in [-0.2, -0.15) is 16.7 Å². The first-order valence-electron chi connectivity index (χ1n) is 6.62. The molecule has 1 aromatic carbocycles. The van der Waals surface area contributed by atoms with Gasteiger partial charge < -0.3 is 10.3 Å². The van der Waals surface area contributed by atoms with E-state index in [2.05, 4.69) is 17.1 Å². The van der Waals surface area contributed by atoms with Crippen LogP contribution in [0.5, 0.6) is 0 Å². The Morgan fingerprint density at radius 2 is 2.20 bits per heavy atom. The minimum Gasteiger partial charge on any atom is -0.399 e. The fourth-order valence-electron chi connectivity index (χ4n) is 2.25. The van der Waals surface area contributed by atoms with Crippen LogP contribution >= 0.6 is 23.5 Å². The first-order valence-corrected chi connectivity index (χ1v) is 8.72. The SMILES string of the molecule is CC1SCCSC1c1noc(Cc2cccc(N)c2)n1. The standard InChI is InChI=1S/C14H17N3OS2/c1-9-13(20-6-5-19-9)14-16-12(18-17-14)8-10-3-2-4-11(15)7-10/h2-4,7,9,13H,5-6,8,15H2,1H3. The quantitative estimate of drug-likeness (QED) is 0.879. The van der Waals surface area contributed by atoms with Crippen molar-refractivity contribution in [1.82, 2.24) is 10.1 Å². The number of benzene rings is 1. The molecule has 2 N–H and O–H groups in total. The summed E-state index contributed by atoms with van der Waals surface area (Å²) in [6, 6.07) is 7.78.